The first-order valence-corrected chi connectivity index (χ1v) is 7.27. The second-order valence-electron chi connectivity index (χ2n) is 3.94. The minimum atomic E-state index is -3.46. The fourth-order valence-electron chi connectivity index (χ4n) is 1.45. The first-order chi connectivity index (χ1) is 8.83. The number of carbonyl (C=O) groups is 1. The van der Waals surface area contributed by atoms with E-state index in [2.05, 4.69) is 10.1 Å². The molecule has 1 aromatic rings. The van der Waals surface area contributed by atoms with Crippen molar-refractivity contribution in [3.63, 3.8) is 0 Å². The van der Waals surface area contributed by atoms with Crippen LogP contribution in [0.5, 0.6) is 0 Å². The Hall–Kier alpha value is -1.80. The normalized spacial score (nSPS) is 11.1. The molecule has 5 N–H and O–H groups in total. The minimum Gasteiger partial charge on any atom is -0.465 e. The van der Waals surface area contributed by atoms with Crippen molar-refractivity contribution in [3.8, 4) is 0 Å². The van der Waals surface area contributed by atoms with Crippen LogP contribution >= 0.6 is 0 Å². The van der Waals surface area contributed by atoms with Gasteiger partial charge in [-0.05, 0) is 24.6 Å². The second kappa shape index (κ2) is 6.39. The van der Waals surface area contributed by atoms with E-state index in [0.29, 0.717) is 29.9 Å². The number of methoxy groups -OCH3 is 1. The maximum atomic E-state index is 11.4. The fraction of sp³-hybridized carbons (Fsp3) is 0.364. The number of hydrogen-bond acceptors (Lipinski definition) is 6. The molecule has 0 aliphatic rings. The van der Waals surface area contributed by atoms with Crippen molar-refractivity contribution in [2.45, 2.75) is 6.42 Å². The SMILES string of the molecule is COC(=O)c1ccc(N)c(NCCCS(N)(=O)=O)c1. The molecule has 0 saturated carbocycles. The fourth-order valence-corrected chi connectivity index (χ4v) is 2.00. The molecule has 0 heterocycles. The van der Waals surface area contributed by atoms with Crippen LogP contribution in [0.1, 0.15) is 16.8 Å². The molecule has 0 fully saturated rings. The number of primary sulfonamides is 1. The molecule has 19 heavy (non-hydrogen) atoms. The molecule has 0 spiro atoms. The van der Waals surface area contributed by atoms with E-state index in [1.165, 1.54) is 7.11 Å². The molecule has 106 valence electrons. The molecule has 0 atom stereocenters. The summed E-state index contributed by atoms with van der Waals surface area (Å²) in [4.78, 5) is 11.4. The van der Waals surface area contributed by atoms with Gasteiger partial charge in [-0.2, -0.15) is 0 Å². The zero-order chi connectivity index (χ0) is 14.5. The average Bonchev–Trinajstić information content (AvgIpc) is 2.34. The lowest BCUT2D eigenvalue weighted by Gasteiger charge is -2.10. The predicted molar refractivity (Wildman–Crippen MR) is 73.3 cm³/mol. The van der Waals surface area contributed by atoms with Crippen LogP contribution in [0.15, 0.2) is 18.2 Å². The topological polar surface area (TPSA) is 125 Å². The van der Waals surface area contributed by atoms with Crippen LogP contribution in [-0.4, -0.2) is 33.8 Å². The van der Waals surface area contributed by atoms with E-state index in [1.54, 1.807) is 18.2 Å². The molecule has 0 radical (unpaired) electrons. The quantitative estimate of drug-likeness (QED) is 0.388. The monoisotopic (exact) mass is 287 g/mol. The maximum absolute atomic E-state index is 11.4. The number of nitrogen functional groups attached to an aromatic ring is 1. The molecule has 1 aromatic carbocycles. The van der Waals surface area contributed by atoms with Crippen LogP contribution in [0.25, 0.3) is 0 Å². The molecular weight excluding hydrogens is 270 g/mol. The average molecular weight is 287 g/mol. The summed E-state index contributed by atoms with van der Waals surface area (Å²) in [5.74, 6) is -0.580. The number of nitrogens with two attached hydrogens (primary N) is 2. The summed E-state index contributed by atoms with van der Waals surface area (Å²) in [5.41, 5.74) is 7.12. The Kier molecular flexibility index (Phi) is 5.13. The summed E-state index contributed by atoms with van der Waals surface area (Å²) in [5, 5.41) is 7.84. The van der Waals surface area contributed by atoms with Crippen molar-refractivity contribution >= 4 is 27.4 Å². The number of ether oxygens (including phenoxy) is 1. The Morgan fingerprint density at radius 2 is 2.11 bits per heavy atom. The Morgan fingerprint density at radius 1 is 1.42 bits per heavy atom. The van der Waals surface area contributed by atoms with Gasteiger partial charge in [0.15, 0.2) is 0 Å². The summed E-state index contributed by atoms with van der Waals surface area (Å²) >= 11 is 0. The van der Waals surface area contributed by atoms with Crippen LogP contribution < -0.4 is 16.2 Å². The summed E-state index contributed by atoms with van der Waals surface area (Å²) in [7, 11) is -2.17. The number of rotatable bonds is 6. The summed E-state index contributed by atoms with van der Waals surface area (Å²) in [6, 6.07) is 4.68. The van der Waals surface area contributed by atoms with E-state index < -0.39 is 16.0 Å². The summed E-state index contributed by atoms with van der Waals surface area (Å²) in [6.45, 7) is 0.380. The summed E-state index contributed by atoms with van der Waals surface area (Å²) < 4.78 is 26.1. The number of benzene rings is 1. The maximum Gasteiger partial charge on any atom is 0.337 e. The number of anilines is 2. The van der Waals surface area contributed by atoms with Gasteiger partial charge in [-0.3, -0.25) is 0 Å². The van der Waals surface area contributed by atoms with Crippen molar-refractivity contribution in [2.75, 3.05) is 30.5 Å². The Balaban J connectivity index is 2.65. The van der Waals surface area contributed by atoms with Crippen LogP contribution in [0.4, 0.5) is 11.4 Å². The Bertz CT molecular complexity index is 557. The van der Waals surface area contributed by atoms with Gasteiger partial charge < -0.3 is 15.8 Å². The van der Waals surface area contributed by atoms with Crippen molar-refractivity contribution in [2.24, 2.45) is 5.14 Å². The van der Waals surface area contributed by atoms with Gasteiger partial charge in [-0.1, -0.05) is 0 Å². The van der Waals surface area contributed by atoms with Gasteiger partial charge in [0.1, 0.15) is 0 Å². The highest BCUT2D eigenvalue weighted by Crippen LogP contribution is 2.20. The van der Waals surface area contributed by atoms with Gasteiger partial charge in [0.25, 0.3) is 0 Å². The third kappa shape index (κ3) is 5.14. The van der Waals surface area contributed by atoms with Gasteiger partial charge in [-0.15, -0.1) is 0 Å². The molecule has 0 saturated heterocycles. The Morgan fingerprint density at radius 3 is 2.68 bits per heavy atom. The molecule has 1 rings (SSSR count). The largest absolute Gasteiger partial charge is 0.465 e. The molecule has 8 heteroatoms. The molecule has 0 bridgehead atoms. The molecular formula is C11H17N3O4S. The van der Waals surface area contributed by atoms with E-state index in [-0.39, 0.29) is 5.75 Å². The molecule has 0 aliphatic carbocycles. The smallest absolute Gasteiger partial charge is 0.337 e. The number of nitrogens with one attached hydrogen (secondary N) is 1. The van der Waals surface area contributed by atoms with E-state index in [0.717, 1.165) is 0 Å². The predicted octanol–water partition coefficient (Wildman–Crippen LogP) is 0.146. The second-order valence-corrected chi connectivity index (χ2v) is 5.67. The lowest BCUT2D eigenvalue weighted by Crippen LogP contribution is -2.19. The highest BCUT2D eigenvalue weighted by atomic mass is 32.2. The Labute approximate surface area is 112 Å². The summed E-state index contributed by atoms with van der Waals surface area (Å²) in [6.07, 6.45) is 0.348. The van der Waals surface area contributed by atoms with Crippen LogP contribution in [0.3, 0.4) is 0 Å². The number of hydrogen-bond donors (Lipinski definition) is 3. The first kappa shape index (κ1) is 15.3. The third-order valence-electron chi connectivity index (χ3n) is 2.40. The van der Waals surface area contributed by atoms with E-state index in [9.17, 15) is 13.2 Å². The van der Waals surface area contributed by atoms with Gasteiger partial charge >= 0.3 is 5.97 Å². The molecule has 0 unspecified atom stereocenters. The lowest BCUT2D eigenvalue weighted by atomic mass is 10.1. The standard InChI is InChI=1S/C11H17N3O4S/c1-18-11(15)8-3-4-9(12)10(7-8)14-5-2-6-19(13,16)17/h3-4,7,14H,2,5-6,12H2,1H3,(H2,13,16,17). The zero-order valence-electron chi connectivity index (χ0n) is 10.5. The van der Waals surface area contributed by atoms with Gasteiger partial charge in [0, 0.05) is 6.54 Å². The van der Waals surface area contributed by atoms with Gasteiger partial charge in [0.05, 0.1) is 29.8 Å². The molecule has 7 nitrogen and oxygen atoms in total. The number of sulfonamides is 1. The van der Waals surface area contributed by atoms with Crippen molar-refractivity contribution in [1.29, 1.82) is 0 Å². The third-order valence-corrected chi connectivity index (χ3v) is 3.25. The van der Waals surface area contributed by atoms with Crippen molar-refractivity contribution < 1.29 is 17.9 Å². The molecule has 0 aromatic heterocycles. The number of carbonyl (C=O) groups excluding carboxylic acids is 1. The van der Waals surface area contributed by atoms with E-state index >= 15 is 0 Å². The van der Waals surface area contributed by atoms with E-state index in [1.807, 2.05) is 0 Å². The highest BCUT2D eigenvalue weighted by molar-refractivity contribution is 7.89. The van der Waals surface area contributed by atoms with Gasteiger partial charge in [0.2, 0.25) is 10.0 Å². The molecule has 0 aliphatic heterocycles. The van der Waals surface area contributed by atoms with Crippen molar-refractivity contribution in [3.05, 3.63) is 23.8 Å². The minimum absolute atomic E-state index is 0.114. The highest BCUT2D eigenvalue weighted by Gasteiger charge is 2.08. The van der Waals surface area contributed by atoms with Gasteiger partial charge in [-0.25, -0.2) is 18.4 Å². The molecule has 0 amide bonds. The van der Waals surface area contributed by atoms with Crippen LogP contribution in [0, 0.1) is 0 Å². The first-order valence-electron chi connectivity index (χ1n) is 5.55. The number of esters is 1. The van der Waals surface area contributed by atoms with Crippen LogP contribution in [0.2, 0.25) is 0 Å². The zero-order valence-corrected chi connectivity index (χ0v) is 11.4. The lowest BCUT2D eigenvalue weighted by molar-refractivity contribution is 0.0601. The van der Waals surface area contributed by atoms with Crippen LogP contribution in [-0.2, 0) is 14.8 Å². The van der Waals surface area contributed by atoms with E-state index in [4.69, 9.17) is 10.9 Å². The van der Waals surface area contributed by atoms with Crippen molar-refractivity contribution in [1.82, 2.24) is 0 Å².